The van der Waals surface area contributed by atoms with Gasteiger partial charge in [-0.15, -0.1) is 0 Å². The molecular formula is C32H32N6O3S. The van der Waals surface area contributed by atoms with Crippen molar-refractivity contribution < 1.29 is 14.6 Å². The molecule has 214 valence electrons. The second kappa shape index (κ2) is 12.2. The Morgan fingerprint density at radius 1 is 1.07 bits per heavy atom. The highest BCUT2D eigenvalue weighted by atomic mass is 32.2. The number of benzene rings is 3. The third-order valence-corrected chi connectivity index (χ3v) is 8.51. The van der Waals surface area contributed by atoms with Gasteiger partial charge >= 0.3 is 6.09 Å². The molecule has 1 aromatic heterocycles. The molecule has 3 aromatic carbocycles. The number of ether oxygens (including phenoxy) is 1. The molecule has 42 heavy (non-hydrogen) atoms. The van der Waals surface area contributed by atoms with Crippen LogP contribution in [0.1, 0.15) is 23.2 Å². The van der Waals surface area contributed by atoms with Crippen LogP contribution in [0.5, 0.6) is 5.75 Å². The van der Waals surface area contributed by atoms with Crippen molar-refractivity contribution in [1.82, 2.24) is 14.9 Å². The van der Waals surface area contributed by atoms with E-state index in [1.54, 1.807) is 0 Å². The van der Waals surface area contributed by atoms with E-state index in [4.69, 9.17) is 14.7 Å². The number of nitrogens with zero attached hydrogens (tertiary/aromatic N) is 6. The lowest BCUT2D eigenvalue weighted by atomic mass is 10.0. The highest BCUT2D eigenvalue weighted by Gasteiger charge is 2.33. The average molecular weight is 581 g/mol. The molecule has 0 aliphatic carbocycles. The van der Waals surface area contributed by atoms with Gasteiger partial charge < -0.3 is 24.5 Å². The highest BCUT2D eigenvalue weighted by Crippen LogP contribution is 2.37. The number of fused-ring (bicyclic) bond motifs is 2. The van der Waals surface area contributed by atoms with E-state index in [9.17, 15) is 15.2 Å². The molecule has 1 N–H and O–H groups in total. The predicted molar refractivity (Wildman–Crippen MR) is 164 cm³/mol. The number of piperazine rings is 1. The van der Waals surface area contributed by atoms with Gasteiger partial charge in [-0.05, 0) is 29.7 Å². The second-order valence-corrected chi connectivity index (χ2v) is 11.3. The standard InChI is InChI=1S/C32H32N6O3S/c1-42-31-34-28-20-36(14-12-27(28)30(35-31)37-15-16-38(32(39)40)24(19-37)11-13-33)29-18-25(17-23-9-5-6-10-26(23)29)41-21-22-7-3-2-4-8-22/h2-10,17-18,24H,11-12,14-16,19-21H2,1H3,(H,39,40)/t24-/m0/s1. The van der Waals surface area contributed by atoms with Crippen molar-refractivity contribution in [3.8, 4) is 11.8 Å². The zero-order chi connectivity index (χ0) is 29.1. The van der Waals surface area contributed by atoms with Crippen LogP contribution in [0.15, 0.2) is 71.9 Å². The van der Waals surface area contributed by atoms with E-state index in [1.807, 2.05) is 30.5 Å². The van der Waals surface area contributed by atoms with E-state index in [2.05, 4.69) is 58.3 Å². The molecule has 9 nitrogen and oxygen atoms in total. The highest BCUT2D eigenvalue weighted by molar-refractivity contribution is 7.98. The van der Waals surface area contributed by atoms with Crippen molar-refractivity contribution in [2.24, 2.45) is 0 Å². The zero-order valence-corrected chi connectivity index (χ0v) is 24.3. The van der Waals surface area contributed by atoms with Gasteiger partial charge in [0.15, 0.2) is 5.16 Å². The van der Waals surface area contributed by atoms with Crippen molar-refractivity contribution in [1.29, 1.82) is 5.26 Å². The second-order valence-electron chi connectivity index (χ2n) is 10.5. The van der Waals surface area contributed by atoms with Crippen LogP contribution in [-0.2, 0) is 19.6 Å². The van der Waals surface area contributed by atoms with Gasteiger partial charge in [-0.2, -0.15) is 5.26 Å². The number of amides is 1. The Morgan fingerprint density at radius 2 is 1.88 bits per heavy atom. The van der Waals surface area contributed by atoms with Gasteiger partial charge in [-0.1, -0.05) is 66.4 Å². The molecule has 2 aliphatic heterocycles. The molecule has 0 unspecified atom stereocenters. The number of hydrogen-bond acceptors (Lipinski definition) is 8. The predicted octanol–water partition coefficient (Wildman–Crippen LogP) is 5.58. The summed E-state index contributed by atoms with van der Waals surface area (Å²) in [6, 6.07) is 24.5. The molecular weight excluding hydrogens is 548 g/mol. The van der Waals surface area contributed by atoms with E-state index >= 15 is 0 Å². The Balaban J connectivity index is 1.31. The van der Waals surface area contributed by atoms with Crippen molar-refractivity contribution in [2.75, 3.05) is 42.2 Å². The smallest absolute Gasteiger partial charge is 0.407 e. The van der Waals surface area contributed by atoms with E-state index in [-0.39, 0.29) is 6.42 Å². The molecule has 1 fully saturated rings. The number of carboxylic acid groups (broad SMARTS) is 1. The van der Waals surface area contributed by atoms with Crippen molar-refractivity contribution in [2.45, 2.75) is 37.2 Å². The van der Waals surface area contributed by atoms with Gasteiger partial charge in [0.05, 0.1) is 30.8 Å². The summed E-state index contributed by atoms with van der Waals surface area (Å²) in [4.78, 5) is 27.5. The quantitative estimate of drug-likeness (QED) is 0.222. The van der Waals surface area contributed by atoms with Crippen LogP contribution < -0.4 is 14.5 Å². The van der Waals surface area contributed by atoms with Crippen LogP contribution in [0, 0.1) is 11.3 Å². The number of rotatable bonds is 7. The Kier molecular flexibility index (Phi) is 8.02. The molecule has 1 atom stereocenters. The molecule has 4 aromatic rings. The van der Waals surface area contributed by atoms with Gasteiger partial charge in [0.1, 0.15) is 18.2 Å². The largest absolute Gasteiger partial charge is 0.489 e. The van der Waals surface area contributed by atoms with Crippen LogP contribution in [0.3, 0.4) is 0 Å². The molecule has 2 aliphatic rings. The Bertz CT molecular complexity index is 1640. The zero-order valence-electron chi connectivity index (χ0n) is 23.4. The molecule has 6 rings (SSSR count). The summed E-state index contributed by atoms with van der Waals surface area (Å²) >= 11 is 1.50. The summed E-state index contributed by atoms with van der Waals surface area (Å²) < 4.78 is 6.26. The number of anilines is 2. The summed E-state index contributed by atoms with van der Waals surface area (Å²) in [5, 5.41) is 22.0. The summed E-state index contributed by atoms with van der Waals surface area (Å²) in [6.07, 6.45) is 1.88. The van der Waals surface area contributed by atoms with E-state index in [1.165, 1.54) is 16.7 Å². The Morgan fingerprint density at radius 3 is 2.67 bits per heavy atom. The lowest BCUT2D eigenvalue weighted by Gasteiger charge is -2.41. The number of nitriles is 1. The third kappa shape index (κ3) is 5.65. The molecule has 1 amide bonds. The summed E-state index contributed by atoms with van der Waals surface area (Å²) in [7, 11) is 0. The van der Waals surface area contributed by atoms with Crippen LogP contribution in [0.4, 0.5) is 16.3 Å². The lowest BCUT2D eigenvalue weighted by Crippen LogP contribution is -2.55. The van der Waals surface area contributed by atoms with Gasteiger partial charge in [-0.3, -0.25) is 0 Å². The van der Waals surface area contributed by atoms with Gasteiger partial charge in [0, 0.05) is 48.9 Å². The van der Waals surface area contributed by atoms with Gasteiger partial charge in [0.2, 0.25) is 0 Å². The maximum atomic E-state index is 11.8. The first kappa shape index (κ1) is 27.7. The third-order valence-electron chi connectivity index (χ3n) is 7.96. The van der Waals surface area contributed by atoms with E-state index in [0.29, 0.717) is 37.9 Å². The normalized spacial score (nSPS) is 16.7. The first-order valence-corrected chi connectivity index (χ1v) is 15.3. The van der Waals surface area contributed by atoms with E-state index < -0.39 is 12.1 Å². The summed E-state index contributed by atoms with van der Waals surface area (Å²) in [6.45, 7) is 3.21. The molecule has 3 heterocycles. The minimum absolute atomic E-state index is 0.148. The first-order valence-electron chi connectivity index (χ1n) is 14.0. The fourth-order valence-electron chi connectivity index (χ4n) is 5.88. The number of thioether (sulfide) groups is 1. The minimum Gasteiger partial charge on any atom is -0.489 e. The number of carbonyl (C=O) groups is 1. The van der Waals surface area contributed by atoms with Gasteiger partial charge in [0.25, 0.3) is 0 Å². The molecule has 1 saturated heterocycles. The number of hydrogen-bond donors (Lipinski definition) is 1. The van der Waals surface area contributed by atoms with Crippen molar-refractivity contribution in [3.05, 3.63) is 83.6 Å². The lowest BCUT2D eigenvalue weighted by molar-refractivity contribution is 0.119. The monoisotopic (exact) mass is 580 g/mol. The van der Waals surface area contributed by atoms with Crippen LogP contribution in [0.2, 0.25) is 0 Å². The topological polar surface area (TPSA) is 106 Å². The number of aromatic nitrogens is 2. The maximum Gasteiger partial charge on any atom is 0.407 e. The van der Waals surface area contributed by atoms with Crippen LogP contribution in [0.25, 0.3) is 10.8 Å². The summed E-state index contributed by atoms with van der Waals surface area (Å²) in [5.41, 5.74) is 4.31. The molecule has 0 spiro atoms. The van der Waals surface area contributed by atoms with E-state index in [0.717, 1.165) is 57.8 Å². The average Bonchev–Trinajstić information content (AvgIpc) is 3.03. The van der Waals surface area contributed by atoms with Crippen LogP contribution >= 0.6 is 11.8 Å². The van der Waals surface area contributed by atoms with Gasteiger partial charge in [-0.25, -0.2) is 14.8 Å². The fraction of sp³-hybridized carbons (Fsp3) is 0.312. The van der Waals surface area contributed by atoms with Crippen molar-refractivity contribution in [3.63, 3.8) is 0 Å². The van der Waals surface area contributed by atoms with Crippen molar-refractivity contribution >= 4 is 40.1 Å². The minimum atomic E-state index is -0.984. The Hall–Kier alpha value is -4.49. The molecule has 10 heteroatoms. The molecule has 0 saturated carbocycles. The fourth-order valence-corrected chi connectivity index (χ4v) is 6.26. The molecule has 0 radical (unpaired) electrons. The summed E-state index contributed by atoms with van der Waals surface area (Å²) in [5.74, 6) is 1.69. The maximum absolute atomic E-state index is 11.8. The molecule has 0 bridgehead atoms. The first-order chi connectivity index (χ1) is 20.5. The Labute approximate surface area is 249 Å². The SMILES string of the molecule is CSc1nc2c(c(N3CCN(C(=O)O)[C@@H](CC#N)C3)n1)CCN(c1cc(OCc3ccccc3)cc3ccccc13)C2. The van der Waals surface area contributed by atoms with Crippen LogP contribution in [-0.4, -0.2) is 64.5 Å².